The van der Waals surface area contributed by atoms with Crippen molar-refractivity contribution in [3.63, 3.8) is 0 Å². The number of aryl methyl sites for hydroxylation is 1. The predicted octanol–water partition coefficient (Wildman–Crippen LogP) is 3.60. The summed E-state index contributed by atoms with van der Waals surface area (Å²) in [5, 5.41) is 6.04. The summed E-state index contributed by atoms with van der Waals surface area (Å²) < 4.78 is 1.39. The van der Waals surface area contributed by atoms with Gasteiger partial charge in [0.15, 0.2) is 5.82 Å². The quantitative estimate of drug-likeness (QED) is 0.730. The molecule has 144 valence electrons. The van der Waals surface area contributed by atoms with Crippen LogP contribution in [0, 0.1) is 6.92 Å². The van der Waals surface area contributed by atoms with Gasteiger partial charge in [0.2, 0.25) is 0 Å². The highest BCUT2D eigenvalue weighted by Crippen LogP contribution is 2.18. The molecule has 1 saturated carbocycles. The molecule has 2 aromatic heterocycles. The Labute approximate surface area is 163 Å². The molecule has 4 rings (SSSR count). The number of amides is 1. The maximum Gasteiger partial charge on any atom is 0.280 e. The molecule has 1 aliphatic rings. The number of rotatable bonds is 4. The Kier molecular flexibility index (Phi) is 5.10. The molecule has 0 saturated heterocycles. The SMILES string of the molecule is Cc1ccc(-c2c[nH]n(-c3ccc(C(=O)NC4CCCCC4)cn3)c2=O)cc1. The van der Waals surface area contributed by atoms with Crippen LogP contribution in [0.5, 0.6) is 0 Å². The normalized spacial score (nSPS) is 14.8. The first-order chi connectivity index (χ1) is 13.6. The fraction of sp³-hybridized carbons (Fsp3) is 0.318. The van der Waals surface area contributed by atoms with Crippen molar-refractivity contribution in [2.75, 3.05) is 0 Å². The molecule has 0 spiro atoms. The predicted molar refractivity (Wildman–Crippen MR) is 109 cm³/mol. The third-order valence-electron chi connectivity index (χ3n) is 5.31. The number of aromatic nitrogens is 3. The molecule has 1 fully saturated rings. The van der Waals surface area contributed by atoms with E-state index in [-0.39, 0.29) is 17.5 Å². The summed E-state index contributed by atoms with van der Waals surface area (Å²) in [7, 11) is 0. The lowest BCUT2D eigenvalue weighted by atomic mass is 9.95. The van der Waals surface area contributed by atoms with Crippen molar-refractivity contribution in [1.82, 2.24) is 20.1 Å². The third kappa shape index (κ3) is 3.76. The number of nitrogens with one attached hydrogen (secondary N) is 2. The molecule has 1 aliphatic carbocycles. The average molecular weight is 376 g/mol. The Hall–Kier alpha value is -3.15. The highest BCUT2D eigenvalue weighted by Gasteiger charge is 2.17. The molecule has 1 aromatic carbocycles. The van der Waals surface area contributed by atoms with Crippen LogP contribution in [0.25, 0.3) is 16.9 Å². The van der Waals surface area contributed by atoms with Gasteiger partial charge in [-0.05, 0) is 37.5 Å². The van der Waals surface area contributed by atoms with Crippen LogP contribution in [0.4, 0.5) is 0 Å². The van der Waals surface area contributed by atoms with Crippen molar-refractivity contribution in [2.45, 2.75) is 45.1 Å². The minimum absolute atomic E-state index is 0.106. The van der Waals surface area contributed by atoms with E-state index >= 15 is 0 Å². The van der Waals surface area contributed by atoms with E-state index in [0.29, 0.717) is 16.9 Å². The van der Waals surface area contributed by atoms with Gasteiger partial charge < -0.3 is 5.32 Å². The van der Waals surface area contributed by atoms with Crippen LogP contribution in [0.3, 0.4) is 0 Å². The molecule has 2 heterocycles. The van der Waals surface area contributed by atoms with Crippen molar-refractivity contribution in [3.8, 4) is 16.9 Å². The van der Waals surface area contributed by atoms with E-state index in [2.05, 4.69) is 15.4 Å². The van der Waals surface area contributed by atoms with E-state index in [4.69, 9.17) is 0 Å². The summed E-state index contributed by atoms with van der Waals surface area (Å²) >= 11 is 0. The first-order valence-electron chi connectivity index (χ1n) is 9.76. The molecule has 0 atom stereocenters. The Morgan fingerprint density at radius 2 is 1.86 bits per heavy atom. The smallest absolute Gasteiger partial charge is 0.280 e. The average Bonchev–Trinajstić information content (AvgIpc) is 3.11. The molecule has 1 amide bonds. The number of hydrogen-bond donors (Lipinski definition) is 2. The Morgan fingerprint density at radius 3 is 2.54 bits per heavy atom. The standard InChI is InChI=1S/C22H24N4O2/c1-15-7-9-16(10-8-15)19-14-24-26(22(19)28)20-12-11-17(13-23-20)21(27)25-18-5-3-2-4-6-18/h7-14,18,24H,2-6H2,1H3,(H,25,27). The number of pyridine rings is 1. The van der Waals surface area contributed by atoms with Gasteiger partial charge in [-0.1, -0.05) is 49.1 Å². The van der Waals surface area contributed by atoms with Gasteiger partial charge in [-0.15, -0.1) is 0 Å². The highest BCUT2D eigenvalue weighted by atomic mass is 16.2. The Balaban J connectivity index is 1.52. The molecular weight excluding hydrogens is 352 g/mol. The van der Waals surface area contributed by atoms with E-state index in [9.17, 15) is 9.59 Å². The van der Waals surface area contributed by atoms with Gasteiger partial charge in [-0.3, -0.25) is 14.7 Å². The highest BCUT2D eigenvalue weighted by molar-refractivity contribution is 5.94. The van der Waals surface area contributed by atoms with Gasteiger partial charge >= 0.3 is 0 Å². The third-order valence-corrected chi connectivity index (χ3v) is 5.31. The fourth-order valence-electron chi connectivity index (χ4n) is 3.65. The zero-order chi connectivity index (χ0) is 19.5. The van der Waals surface area contributed by atoms with Crippen molar-refractivity contribution < 1.29 is 4.79 Å². The topological polar surface area (TPSA) is 79.8 Å². The van der Waals surface area contributed by atoms with E-state index in [1.165, 1.54) is 30.1 Å². The van der Waals surface area contributed by atoms with E-state index in [1.807, 2.05) is 31.2 Å². The van der Waals surface area contributed by atoms with E-state index < -0.39 is 0 Å². The zero-order valence-electron chi connectivity index (χ0n) is 15.9. The van der Waals surface area contributed by atoms with Crippen LogP contribution in [0.1, 0.15) is 48.0 Å². The molecule has 0 radical (unpaired) electrons. The second kappa shape index (κ2) is 7.84. The Bertz CT molecular complexity index is 1010. The molecule has 6 heteroatoms. The largest absolute Gasteiger partial charge is 0.349 e. The van der Waals surface area contributed by atoms with Crippen molar-refractivity contribution >= 4 is 5.91 Å². The van der Waals surface area contributed by atoms with Crippen LogP contribution in [-0.2, 0) is 0 Å². The van der Waals surface area contributed by atoms with Gasteiger partial charge in [0.25, 0.3) is 11.5 Å². The number of carbonyl (C=O) groups excluding carboxylic acids is 1. The number of benzene rings is 1. The summed E-state index contributed by atoms with van der Waals surface area (Å²) in [4.78, 5) is 29.5. The summed E-state index contributed by atoms with van der Waals surface area (Å²) in [5.41, 5.74) is 2.92. The van der Waals surface area contributed by atoms with E-state index in [1.54, 1.807) is 18.3 Å². The number of carbonyl (C=O) groups is 1. The number of nitrogens with zero attached hydrogens (tertiary/aromatic N) is 2. The van der Waals surface area contributed by atoms with Crippen molar-refractivity contribution in [2.24, 2.45) is 0 Å². The molecule has 28 heavy (non-hydrogen) atoms. The van der Waals surface area contributed by atoms with Crippen molar-refractivity contribution in [3.05, 3.63) is 70.3 Å². The Morgan fingerprint density at radius 1 is 1.11 bits per heavy atom. The summed E-state index contributed by atoms with van der Waals surface area (Å²) in [6, 6.07) is 11.5. The second-order valence-electron chi connectivity index (χ2n) is 7.41. The second-order valence-corrected chi connectivity index (χ2v) is 7.41. The van der Waals surface area contributed by atoms with Gasteiger partial charge in [0.1, 0.15) is 0 Å². The summed E-state index contributed by atoms with van der Waals surface area (Å²) in [5.74, 6) is 0.350. The van der Waals surface area contributed by atoms with Crippen LogP contribution >= 0.6 is 0 Å². The lowest BCUT2D eigenvalue weighted by Gasteiger charge is -2.22. The van der Waals surface area contributed by atoms with E-state index in [0.717, 1.165) is 24.0 Å². The van der Waals surface area contributed by atoms with Gasteiger partial charge in [0.05, 0.1) is 11.1 Å². The lowest BCUT2D eigenvalue weighted by Crippen LogP contribution is -2.36. The maximum absolute atomic E-state index is 12.7. The molecule has 2 N–H and O–H groups in total. The number of H-pyrrole nitrogens is 1. The van der Waals surface area contributed by atoms with Gasteiger partial charge in [-0.25, -0.2) is 9.67 Å². The van der Waals surface area contributed by atoms with Gasteiger partial charge in [0, 0.05) is 18.4 Å². The van der Waals surface area contributed by atoms with Gasteiger partial charge in [-0.2, -0.15) is 0 Å². The first kappa shape index (κ1) is 18.2. The van der Waals surface area contributed by atoms with Crippen LogP contribution in [0.2, 0.25) is 0 Å². The minimum Gasteiger partial charge on any atom is -0.349 e. The minimum atomic E-state index is -0.171. The molecule has 0 bridgehead atoms. The molecule has 0 aliphatic heterocycles. The summed E-state index contributed by atoms with van der Waals surface area (Å²) in [6.45, 7) is 2.01. The first-order valence-corrected chi connectivity index (χ1v) is 9.76. The molecule has 3 aromatic rings. The number of aromatic amines is 1. The monoisotopic (exact) mass is 376 g/mol. The zero-order valence-corrected chi connectivity index (χ0v) is 15.9. The molecular formula is C22H24N4O2. The van der Waals surface area contributed by atoms with Crippen molar-refractivity contribution in [1.29, 1.82) is 0 Å². The summed E-state index contributed by atoms with van der Waals surface area (Å²) in [6.07, 6.45) is 8.86. The van der Waals surface area contributed by atoms with Crippen LogP contribution < -0.4 is 10.9 Å². The maximum atomic E-state index is 12.7. The number of hydrogen-bond acceptors (Lipinski definition) is 3. The fourth-order valence-corrected chi connectivity index (χ4v) is 3.65. The van der Waals surface area contributed by atoms with Crippen LogP contribution in [-0.4, -0.2) is 26.7 Å². The molecule has 6 nitrogen and oxygen atoms in total. The lowest BCUT2D eigenvalue weighted by molar-refractivity contribution is 0.0927. The van der Waals surface area contributed by atoms with Crippen LogP contribution in [0.15, 0.2) is 53.6 Å². The molecule has 0 unspecified atom stereocenters.